The van der Waals surface area contributed by atoms with Crippen molar-refractivity contribution in [2.75, 3.05) is 6.54 Å². The number of thiophene rings is 1. The molecule has 1 N–H and O–H groups in total. The smallest absolute Gasteiger partial charge is 0.107 e. The van der Waals surface area contributed by atoms with Crippen molar-refractivity contribution < 1.29 is 0 Å². The van der Waals surface area contributed by atoms with E-state index < -0.39 is 0 Å². The Morgan fingerprint density at radius 1 is 1.35 bits per heavy atom. The molecule has 20 heavy (non-hydrogen) atoms. The molecule has 1 aromatic carbocycles. The summed E-state index contributed by atoms with van der Waals surface area (Å²) in [5.41, 5.74) is 2.19. The Hall–Kier alpha value is -0.0600. The number of benzene rings is 1. The van der Waals surface area contributed by atoms with E-state index >= 15 is 0 Å². The van der Waals surface area contributed by atoms with E-state index in [0.717, 1.165) is 37.9 Å². The molecule has 0 spiro atoms. The summed E-state index contributed by atoms with van der Waals surface area (Å²) in [5.74, 6) is 0. The summed E-state index contributed by atoms with van der Waals surface area (Å²) in [5, 5.41) is 4.38. The van der Waals surface area contributed by atoms with E-state index in [1.807, 2.05) is 19.1 Å². The standard InChI is InChI=1S/C15H16BrCl2NS/c1-3-7-19-14(12-8-11(16)15(18)20-12)10-6-4-5-9(2)13(10)17/h4-6,8,14,19H,3,7H2,1-2H3. The van der Waals surface area contributed by atoms with Gasteiger partial charge in [-0.05, 0) is 53.0 Å². The second kappa shape index (κ2) is 7.28. The van der Waals surface area contributed by atoms with Crippen LogP contribution in [0, 0.1) is 6.92 Å². The monoisotopic (exact) mass is 391 g/mol. The van der Waals surface area contributed by atoms with Gasteiger partial charge in [0, 0.05) is 14.4 Å². The Balaban J connectivity index is 2.44. The molecule has 0 aliphatic rings. The van der Waals surface area contributed by atoms with Gasteiger partial charge >= 0.3 is 0 Å². The van der Waals surface area contributed by atoms with E-state index in [0.29, 0.717) is 0 Å². The summed E-state index contributed by atoms with van der Waals surface area (Å²) in [6, 6.07) is 8.29. The van der Waals surface area contributed by atoms with Gasteiger partial charge in [-0.15, -0.1) is 11.3 Å². The fourth-order valence-corrected chi connectivity index (χ4v) is 4.12. The van der Waals surface area contributed by atoms with Gasteiger partial charge in [-0.3, -0.25) is 0 Å². The molecule has 108 valence electrons. The summed E-state index contributed by atoms with van der Waals surface area (Å²) >= 11 is 17.7. The average Bonchev–Trinajstić information content (AvgIpc) is 2.74. The molecule has 0 bridgehead atoms. The number of aryl methyl sites for hydroxylation is 1. The van der Waals surface area contributed by atoms with Crippen molar-refractivity contribution in [3.05, 3.63) is 54.1 Å². The van der Waals surface area contributed by atoms with E-state index in [1.54, 1.807) is 11.3 Å². The molecule has 2 aromatic rings. The van der Waals surface area contributed by atoms with Crippen molar-refractivity contribution >= 4 is 50.5 Å². The fraction of sp³-hybridized carbons (Fsp3) is 0.333. The maximum Gasteiger partial charge on any atom is 0.107 e. The van der Waals surface area contributed by atoms with Gasteiger partial charge in [0.05, 0.1) is 6.04 Å². The van der Waals surface area contributed by atoms with Crippen LogP contribution in [-0.2, 0) is 0 Å². The zero-order chi connectivity index (χ0) is 14.7. The summed E-state index contributed by atoms with van der Waals surface area (Å²) < 4.78 is 1.71. The first kappa shape index (κ1) is 16.3. The lowest BCUT2D eigenvalue weighted by molar-refractivity contribution is 0.605. The normalized spacial score (nSPS) is 12.7. The van der Waals surface area contributed by atoms with Gasteiger partial charge < -0.3 is 5.32 Å². The lowest BCUT2D eigenvalue weighted by atomic mass is 10.0. The van der Waals surface area contributed by atoms with Crippen LogP contribution in [0.2, 0.25) is 9.36 Å². The minimum Gasteiger partial charge on any atom is -0.306 e. The van der Waals surface area contributed by atoms with Crippen LogP contribution in [0.4, 0.5) is 0 Å². The molecule has 5 heteroatoms. The zero-order valence-electron chi connectivity index (χ0n) is 11.3. The van der Waals surface area contributed by atoms with E-state index in [1.165, 1.54) is 4.88 Å². The Morgan fingerprint density at radius 3 is 2.70 bits per heavy atom. The highest BCUT2D eigenvalue weighted by molar-refractivity contribution is 9.10. The SMILES string of the molecule is CCCNC(c1cc(Br)c(Cl)s1)c1cccc(C)c1Cl. The van der Waals surface area contributed by atoms with Gasteiger partial charge in [0.15, 0.2) is 0 Å². The minimum absolute atomic E-state index is 0.0798. The molecular formula is C15H16BrCl2NS. The number of hydrogen-bond acceptors (Lipinski definition) is 2. The summed E-state index contributed by atoms with van der Waals surface area (Å²) in [7, 11) is 0. The van der Waals surface area contributed by atoms with Crippen molar-refractivity contribution in [1.29, 1.82) is 0 Å². The third-order valence-corrected chi connectivity index (χ3v) is 6.14. The molecule has 0 radical (unpaired) electrons. The lowest BCUT2D eigenvalue weighted by Gasteiger charge is -2.19. The molecule has 1 atom stereocenters. The molecule has 0 amide bonds. The highest BCUT2D eigenvalue weighted by atomic mass is 79.9. The molecule has 2 rings (SSSR count). The maximum absolute atomic E-state index is 6.48. The summed E-state index contributed by atoms with van der Waals surface area (Å²) in [4.78, 5) is 1.17. The fourth-order valence-electron chi connectivity index (χ4n) is 2.05. The Kier molecular flexibility index (Phi) is 5.94. The highest BCUT2D eigenvalue weighted by Crippen LogP contribution is 2.39. The van der Waals surface area contributed by atoms with Crippen LogP contribution < -0.4 is 5.32 Å². The van der Waals surface area contributed by atoms with Gasteiger partial charge in [-0.1, -0.05) is 48.3 Å². The molecule has 0 saturated carbocycles. The first-order valence-corrected chi connectivity index (χ1v) is 8.84. The lowest BCUT2D eigenvalue weighted by Crippen LogP contribution is -2.22. The van der Waals surface area contributed by atoms with E-state index in [9.17, 15) is 0 Å². The predicted molar refractivity (Wildman–Crippen MR) is 93.4 cm³/mol. The number of rotatable bonds is 5. The molecule has 1 unspecified atom stereocenters. The molecule has 1 nitrogen and oxygen atoms in total. The Bertz CT molecular complexity index is 578. The van der Waals surface area contributed by atoms with Gasteiger partial charge in [-0.25, -0.2) is 0 Å². The van der Waals surface area contributed by atoms with Crippen molar-refractivity contribution in [2.45, 2.75) is 26.3 Å². The van der Waals surface area contributed by atoms with Crippen LogP contribution in [0.5, 0.6) is 0 Å². The third kappa shape index (κ3) is 3.58. The second-order valence-electron chi connectivity index (χ2n) is 4.64. The zero-order valence-corrected chi connectivity index (χ0v) is 15.3. The topological polar surface area (TPSA) is 12.0 Å². The molecular weight excluding hydrogens is 377 g/mol. The molecule has 1 aromatic heterocycles. The van der Waals surface area contributed by atoms with Crippen LogP contribution in [0.15, 0.2) is 28.7 Å². The number of hydrogen-bond donors (Lipinski definition) is 1. The van der Waals surface area contributed by atoms with Gasteiger partial charge in [0.2, 0.25) is 0 Å². The van der Waals surface area contributed by atoms with Crippen molar-refractivity contribution in [3.63, 3.8) is 0 Å². The number of halogens is 3. The Morgan fingerprint density at radius 2 is 2.10 bits per heavy atom. The molecule has 0 fully saturated rings. The first-order chi connectivity index (χ1) is 9.54. The van der Waals surface area contributed by atoms with Gasteiger partial charge in [0.25, 0.3) is 0 Å². The molecule has 0 aliphatic carbocycles. The Labute approximate surface area is 142 Å². The quantitative estimate of drug-likeness (QED) is 0.637. The van der Waals surface area contributed by atoms with Crippen LogP contribution in [0.25, 0.3) is 0 Å². The molecule has 1 heterocycles. The second-order valence-corrected chi connectivity index (χ2v) is 7.55. The highest BCUT2D eigenvalue weighted by Gasteiger charge is 2.20. The summed E-state index contributed by atoms with van der Waals surface area (Å²) in [6.45, 7) is 5.11. The van der Waals surface area contributed by atoms with Crippen LogP contribution >= 0.6 is 50.5 Å². The maximum atomic E-state index is 6.48. The van der Waals surface area contributed by atoms with E-state index in [-0.39, 0.29) is 6.04 Å². The van der Waals surface area contributed by atoms with Crippen molar-refractivity contribution in [1.82, 2.24) is 5.32 Å². The largest absolute Gasteiger partial charge is 0.306 e. The van der Waals surface area contributed by atoms with E-state index in [2.05, 4.69) is 40.3 Å². The van der Waals surface area contributed by atoms with Gasteiger partial charge in [0.1, 0.15) is 4.34 Å². The minimum atomic E-state index is 0.0798. The summed E-state index contributed by atoms with van der Waals surface area (Å²) in [6.07, 6.45) is 1.07. The first-order valence-electron chi connectivity index (χ1n) is 6.47. The van der Waals surface area contributed by atoms with Crippen molar-refractivity contribution in [3.8, 4) is 0 Å². The van der Waals surface area contributed by atoms with Crippen LogP contribution in [-0.4, -0.2) is 6.54 Å². The molecule has 0 saturated heterocycles. The van der Waals surface area contributed by atoms with E-state index in [4.69, 9.17) is 23.2 Å². The molecule has 0 aliphatic heterocycles. The van der Waals surface area contributed by atoms with Gasteiger partial charge in [-0.2, -0.15) is 0 Å². The van der Waals surface area contributed by atoms with Crippen LogP contribution in [0.1, 0.15) is 35.4 Å². The number of nitrogens with one attached hydrogen (secondary N) is 1. The third-order valence-electron chi connectivity index (χ3n) is 3.08. The van der Waals surface area contributed by atoms with Crippen molar-refractivity contribution in [2.24, 2.45) is 0 Å². The van der Waals surface area contributed by atoms with Crippen LogP contribution in [0.3, 0.4) is 0 Å². The average molecular weight is 393 g/mol. The predicted octanol–water partition coefficient (Wildman–Crippen LogP) is 6.21.